The number of hydrogen-bond acceptors (Lipinski definition) is 5. The number of amides is 1. The lowest BCUT2D eigenvalue weighted by atomic mass is 10.1. The molecule has 0 radical (unpaired) electrons. The van der Waals surface area contributed by atoms with Crippen LogP contribution in [-0.2, 0) is 17.9 Å². The van der Waals surface area contributed by atoms with E-state index < -0.39 is 0 Å². The molecule has 3 aromatic rings. The fraction of sp³-hybridized carbons (Fsp3) is 0.227. The van der Waals surface area contributed by atoms with Crippen LogP contribution in [0.5, 0.6) is 5.75 Å². The number of carbonyl (C=O) groups is 1. The Morgan fingerprint density at radius 3 is 2.72 bits per heavy atom. The zero-order valence-corrected chi connectivity index (χ0v) is 17.4. The van der Waals surface area contributed by atoms with Crippen molar-refractivity contribution in [2.45, 2.75) is 32.2 Å². The van der Waals surface area contributed by atoms with Crippen molar-refractivity contribution in [3.8, 4) is 5.75 Å². The molecule has 29 heavy (non-hydrogen) atoms. The highest BCUT2D eigenvalue weighted by molar-refractivity contribution is 7.99. The molecule has 0 aliphatic rings. The normalized spacial score (nSPS) is 10.6. The second-order valence-corrected chi connectivity index (χ2v) is 7.43. The Hall–Kier alpha value is -3.06. The van der Waals surface area contributed by atoms with Gasteiger partial charge in [0.2, 0.25) is 5.91 Å². The highest BCUT2D eigenvalue weighted by atomic mass is 32.2. The quantitative estimate of drug-likeness (QED) is 0.420. The van der Waals surface area contributed by atoms with Crippen molar-refractivity contribution >= 4 is 23.4 Å². The molecular weight excluding hydrogens is 384 g/mol. The molecule has 1 aromatic heterocycles. The van der Waals surface area contributed by atoms with Gasteiger partial charge in [0, 0.05) is 12.2 Å². The van der Waals surface area contributed by atoms with E-state index >= 15 is 0 Å². The highest BCUT2D eigenvalue weighted by Crippen LogP contribution is 2.23. The summed E-state index contributed by atoms with van der Waals surface area (Å²) in [5.74, 6) is 1.66. The zero-order valence-electron chi connectivity index (χ0n) is 16.6. The zero-order chi connectivity index (χ0) is 20.6. The van der Waals surface area contributed by atoms with E-state index in [1.807, 2.05) is 54.0 Å². The Balaban J connectivity index is 1.64. The average Bonchev–Trinajstić information content (AvgIpc) is 3.10. The molecule has 2 aromatic carbocycles. The Labute approximate surface area is 175 Å². The second kappa shape index (κ2) is 9.93. The summed E-state index contributed by atoms with van der Waals surface area (Å²) >= 11 is 1.34. The Morgan fingerprint density at radius 1 is 1.17 bits per heavy atom. The van der Waals surface area contributed by atoms with Gasteiger partial charge in [-0.1, -0.05) is 48.2 Å². The molecule has 1 N–H and O–H groups in total. The summed E-state index contributed by atoms with van der Waals surface area (Å²) in [7, 11) is 0. The monoisotopic (exact) mass is 408 g/mol. The summed E-state index contributed by atoms with van der Waals surface area (Å²) < 4.78 is 7.88. The summed E-state index contributed by atoms with van der Waals surface area (Å²) in [6.45, 7) is 8.73. The predicted molar refractivity (Wildman–Crippen MR) is 116 cm³/mol. The van der Waals surface area contributed by atoms with E-state index in [1.165, 1.54) is 17.3 Å². The van der Waals surface area contributed by atoms with Gasteiger partial charge in [-0.25, -0.2) is 0 Å². The largest absolute Gasteiger partial charge is 0.485 e. The fourth-order valence-corrected chi connectivity index (χ4v) is 3.48. The number of rotatable bonds is 9. The molecule has 0 spiro atoms. The molecule has 7 heteroatoms. The van der Waals surface area contributed by atoms with Crippen LogP contribution in [0.2, 0.25) is 0 Å². The number of nitrogens with zero attached hydrogens (tertiary/aromatic N) is 3. The van der Waals surface area contributed by atoms with Crippen LogP contribution in [0.3, 0.4) is 0 Å². The van der Waals surface area contributed by atoms with Gasteiger partial charge in [-0.15, -0.1) is 16.8 Å². The van der Waals surface area contributed by atoms with Crippen LogP contribution in [0.15, 0.2) is 66.3 Å². The number of allylic oxidation sites excluding steroid dienone is 1. The minimum atomic E-state index is -0.0949. The lowest BCUT2D eigenvalue weighted by molar-refractivity contribution is -0.113. The van der Waals surface area contributed by atoms with Crippen LogP contribution in [0.4, 0.5) is 5.69 Å². The molecule has 0 aliphatic carbocycles. The minimum Gasteiger partial charge on any atom is -0.485 e. The average molecular weight is 409 g/mol. The lowest BCUT2D eigenvalue weighted by Gasteiger charge is -2.12. The molecule has 0 saturated carbocycles. The van der Waals surface area contributed by atoms with Crippen molar-refractivity contribution in [3.63, 3.8) is 0 Å². The van der Waals surface area contributed by atoms with Crippen molar-refractivity contribution in [2.24, 2.45) is 0 Å². The van der Waals surface area contributed by atoms with Gasteiger partial charge < -0.3 is 10.1 Å². The third-order valence-corrected chi connectivity index (χ3v) is 5.37. The topological polar surface area (TPSA) is 69.0 Å². The summed E-state index contributed by atoms with van der Waals surface area (Å²) in [6.07, 6.45) is 1.78. The van der Waals surface area contributed by atoms with E-state index in [0.717, 1.165) is 17.0 Å². The van der Waals surface area contributed by atoms with Crippen molar-refractivity contribution in [1.29, 1.82) is 0 Å². The number of carbonyl (C=O) groups excluding carboxylic acids is 1. The number of benzene rings is 2. The maximum atomic E-state index is 12.2. The Bertz CT molecular complexity index is 986. The smallest absolute Gasteiger partial charge is 0.234 e. The number of ether oxygens (including phenoxy) is 1. The van der Waals surface area contributed by atoms with Crippen LogP contribution >= 0.6 is 11.8 Å². The van der Waals surface area contributed by atoms with Gasteiger partial charge in [-0.3, -0.25) is 9.36 Å². The maximum absolute atomic E-state index is 12.2. The molecule has 3 rings (SSSR count). The minimum absolute atomic E-state index is 0.0949. The fourth-order valence-electron chi connectivity index (χ4n) is 2.72. The van der Waals surface area contributed by atoms with Crippen LogP contribution in [0, 0.1) is 13.8 Å². The van der Waals surface area contributed by atoms with E-state index in [2.05, 4.69) is 35.1 Å². The van der Waals surface area contributed by atoms with Crippen LogP contribution < -0.4 is 10.1 Å². The standard InChI is InChI=1S/C22H24N4O2S/c1-4-13-26-20(14-28-19-12-8-9-16(2)17(19)3)24-25-22(26)29-15-21(27)23-18-10-6-5-7-11-18/h4-12H,1,13-15H2,2-3H3,(H,23,27). The molecule has 0 aliphatic heterocycles. The molecule has 0 bridgehead atoms. The molecule has 1 heterocycles. The molecule has 1 amide bonds. The molecule has 6 nitrogen and oxygen atoms in total. The number of aromatic nitrogens is 3. The van der Waals surface area contributed by atoms with Gasteiger partial charge in [0.1, 0.15) is 12.4 Å². The number of nitrogens with one attached hydrogen (secondary N) is 1. The van der Waals surface area contributed by atoms with Gasteiger partial charge in [0.15, 0.2) is 11.0 Å². The van der Waals surface area contributed by atoms with E-state index in [4.69, 9.17) is 4.74 Å². The van der Waals surface area contributed by atoms with E-state index in [9.17, 15) is 4.79 Å². The van der Waals surface area contributed by atoms with Gasteiger partial charge in [0.25, 0.3) is 0 Å². The number of thioether (sulfide) groups is 1. The number of hydrogen-bond donors (Lipinski definition) is 1. The number of aryl methyl sites for hydroxylation is 1. The first-order chi connectivity index (χ1) is 14.1. The molecule has 0 saturated heterocycles. The van der Waals surface area contributed by atoms with Crippen molar-refractivity contribution < 1.29 is 9.53 Å². The molecule has 150 valence electrons. The number of anilines is 1. The van der Waals surface area contributed by atoms with Gasteiger partial charge in [-0.2, -0.15) is 0 Å². The third-order valence-electron chi connectivity index (χ3n) is 4.41. The number of para-hydroxylation sites is 1. The summed E-state index contributed by atoms with van der Waals surface area (Å²) in [6, 6.07) is 15.3. The van der Waals surface area contributed by atoms with Crippen molar-refractivity contribution in [1.82, 2.24) is 14.8 Å². The highest BCUT2D eigenvalue weighted by Gasteiger charge is 2.15. The second-order valence-electron chi connectivity index (χ2n) is 6.49. The van der Waals surface area contributed by atoms with Crippen LogP contribution in [-0.4, -0.2) is 26.4 Å². The Morgan fingerprint density at radius 2 is 1.97 bits per heavy atom. The Kier molecular flexibility index (Phi) is 7.08. The van der Waals surface area contributed by atoms with E-state index in [1.54, 1.807) is 6.08 Å². The maximum Gasteiger partial charge on any atom is 0.234 e. The van der Waals surface area contributed by atoms with Gasteiger partial charge in [-0.05, 0) is 43.2 Å². The first-order valence-corrected chi connectivity index (χ1v) is 10.3. The van der Waals surface area contributed by atoms with E-state index in [-0.39, 0.29) is 11.7 Å². The van der Waals surface area contributed by atoms with Crippen LogP contribution in [0.1, 0.15) is 17.0 Å². The van der Waals surface area contributed by atoms with Gasteiger partial charge >= 0.3 is 0 Å². The summed E-state index contributed by atoms with van der Waals surface area (Å²) in [5.41, 5.74) is 3.05. The first kappa shape index (κ1) is 20.7. The van der Waals surface area contributed by atoms with E-state index in [0.29, 0.717) is 24.1 Å². The lowest BCUT2D eigenvalue weighted by Crippen LogP contribution is -2.15. The predicted octanol–water partition coefficient (Wildman–Crippen LogP) is 4.39. The summed E-state index contributed by atoms with van der Waals surface area (Å²) in [4.78, 5) is 12.2. The SMILES string of the molecule is C=CCn1c(COc2cccc(C)c2C)nnc1SCC(=O)Nc1ccccc1. The molecule has 0 fully saturated rings. The van der Waals surface area contributed by atoms with Crippen molar-refractivity contribution in [3.05, 3.63) is 78.1 Å². The molecule has 0 unspecified atom stereocenters. The molecular formula is C22H24N4O2S. The third kappa shape index (κ3) is 5.48. The first-order valence-electron chi connectivity index (χ1n) is 9.28. The van der Waals surface area contributed by atoms with Crippen LogP contribution in [0.25, 0.3) is 0 Å². The molecule has 0 atom stereocenters. The summed E-state index contributed by atoms with van der Waals surface area (Å²) in [5, 5.41) is 12.0. The van der Waals surface area contributed by atoms with Crippen molar-refractivity contribution in [2.75, 3.05) is 11.1 Å². The van der Waals surface area contributed by atoms with Gasteiger partial charge in [0.05, 0.1) is 5.75 Å².